The van der Waals surface area contributed by atoms with Crippen molar-refractivity contribution >= 4 is 6.03 Å². The lowest BCUT2D eigenvalue weighted by Gasteiger charge is -2.36. The number of amides is 2. The Morgan fingerprint density at radius 2 is 1.75 bits per heavy atom. The molecule has 4 nitrogen and oxygen atoms in total. The van der Waals surface area contributed by atoms with Gasteiger partial charge in [0.2, 0.25) is 0 Å². The van der Waals surface area contributed by atoms with E-state index in [1.807, 2.05) is 19.0 Å². The zero-order chi connectivity index (χ0) is 12.1. The molecule has 0 bridgehead atoms. The van der Waals surface area contributed by atoms with Gasteiger partial charge in [0, 0.05) is 40.3 Å². The molecule has 4 heteroatoms. The standard InChI is InChI=1S/C12H25N3O/c1-11(2)5-6-14-7-9-15(10-8-14)12(16)13(3)4/h11H,5-10H2,1-4H3. The number of urea groups is 1. The molecule has 1 aliphatic heterocycles. The fourth-order valence-corrected chi connectivity index (χ4v) is 1.89. The molecule has 0 saturated carbocycles. The first-order valence-electron chi connectivity index (χ1n) is 6.19. The van der Waals surface area contributed by atoms with Gasteiger partial charge in [-0.1, -0.05) is 13.8 Å². The van der Waals surface area contributed by atoms with Crippen LogP contribution < -0.4 is 0 Å². The average Bonchev–Trinajstić information content (AvgIpc) is 2.26. The smallest absolute Gasteiger partial charge is 0.319 e. The van der Waals surface area contributed by atoms with Crippen molar-refractivity contribution in [3.05, 3.63) is 0 Å². The van der Waals surface area contributed by atoms with Crippen molar-refractivity contribution < 1.29 is 4.79 Å². The van der Waals surface area contributed by atoms with Gasteiger partial charge in [-0.25, -0.2) is 4.79 Å². The van der Waals surface area contributed by atoms with E-state index >= 15 is 0 Å². The van der Waals surface area contributed by atoms with Crippen molar-refractivity contribution in [1.29, 1.82) is 0 Å². The van der Waals surface area contributed by atoms with E-state index in [1.54, 1.807) is 4.90 Å². The van der Waals surface area contributed by atoms with Gasteiger partial charge in [-0.2, -0.15) is 0 Å². The van der Waals surface area contributed by atoms with Crippen molar-refractivity contribution in [3.63, 3.8) is 0 Å². The first-order chi connectivity index (χ1) is 7.50. The molecule has 0 aliphatic carbocycles. The second-order valence-electron chi connectivity index (χ2n) is 5.19. The summed E-state index contributed by atoms with van der Waals surface area (Å²) in [6, 6.07) is 0.142. The number of hydrogen-bond acceptors (Lipinski definition) is 2. The molecule has 0 radical (unpaired) electrons. The molecule has 0 aromatic rings. The summed E-state index contributed by atoms with van der Waals surface area (Å²) in [4.78, 5) is 17.8. The summed E-state index contributed by atoms with van der Waals surface area (Å²) in [5.74, 6) is 0.765. The monoisotopic (exact) mass is 227 g/mol. The topological polar surface area (TPSA) is 26.8 Å². The van der Waals surface area contributed by atoms with Gasteiger partial charge >= 0.3 is 6.03 Å². The maximum atomic E-state index is 11.7. The Morgan fingerprint density at radius 3 is 2.19 bits per heavy atom. The molecule has 1 aliphatic rings. The first-order valence-corrected chi connectivity index (χ1v) is 6.19. The van der Waals surface area contributed by atoms with Crippen LogP contribution in [0.4, 0.5) is 4.79 Å². The van der Waals surface area contributed by atoms with Crippen LogP contribution in [0, 0.1) is 5.92 Å². The van der Waals surface area contributed by atoms with Crippen LogP contribution in [0.5, 0.6) is 0 Å². The molecule has 0 spiro atoms. The maximum Gasteiger partial charge on any atom is 0.319 e. The van der Waals surface area contributed by atoms with Crippen LogP contribution >= 0.6 is 0 Å². The quantitative estimate of drug-likeness (QED) is 0.727. The Kier molecular flexibility index (Phi) is 5.06. The molecule has 0 aromatic heterocycles. The second-order valence-corrected chi connectivity index (χ2v) is 5.19. The van der Waals surface area contributed by atoms with Crippen LogP contribution in [-0.4, -0.2) is 67.5 Å². The number of nitrogens with zero attached hydrogens (tertiary/aromatic N) is 3. The average molecular weight is 227 g/mol. The second kappa shape index (κ2) is 6.09. The Balaban J connectivity index is 2.26. The fraction of sp³-hybridized carbons (Fsp3) is 0.917. The molecular weight excluding hydrogens is 202 g/mol. The summed E-state index contributed by atoms with van der Waals surface area (Å²) in [5, 5.41) is 0. The molecule has 1 saturated heterocycles. The van der Waals surface area contributed by atoms with Gasteiger partial charge in [0.15, 0.2) is 0 Å². The predicted octanol–water partition coefficient (Wildman–Crippen LogP) is 1.33. The summed E-state index contributed by atoms with van der Waals surface area (Å²) in [7, 11) is 3.63. The minimum absolute atomic E-state index is 0.142. The van der Waals surface area contributed by atoms with Crippen LogP contribution in [0.15, 0.2) is 0 Å². The largest absolute Gasteiger partial charge is 0.331 e. The van der Waals surface area contributed by atoms with Crippen molar-refractivity contribution in [2.45, 2.75) is 20.3 Å². The summed E-state index contributed by atoms with van der Waals surface area (Å²) in [6.45, 7) is 9.46. The molecule has 16 heavy (non-hydrogen) atoms. The van der Waals surface area contributed by atoms with Gasteiger partial charge in [-0.3, -0.25) is 4.90 Å². The van der Waals surface area contributed by atoms with E-state index < -0.39 is 0 Å². The molecule has 0 unspecified atom stereocenters. The van der Waals surface area contributed by atoms with E-state index in [0.717, 1.165) is 32.1 Å². The van der Waals surface area contributed by atoms with Crippen LogP contribution in [0.2, 0.25) is 0 Å². The van der Waals surface area contributed by atoms with Gasteiger partial charge in [-0.15, -0.1) is 0 Å². The Hall–Kier alpha value is -0.770. The lowest BCUT2D eigenvalue weighted by molar-refractivity contribution is 0.120. The number of rotatable bonds is 3. The first kappa shape index (κ1) is 13.3. The van der Waals surface area contributed by atoms with Crippen LogP contribution in [0.3, 0.4) is 0 Å². The molecule has 94 valence electrons. The Labute approximate surface area is 99.2 Å². The molecular formula is C12H25N3O. The molecule has 1 heterocycles. The minimum atomic E-state index is 0.142. The summed E-state index contributed by atoms with van der Waals surface area (Å²) in [5.41, 5.74) is 0. The third kappa shape index (κ3) is 4.00. The lowest BCUT2D eigenvalue weighted by atomic mass is 10.1. The normalized spacial score (nSPS) is 17.9. The maximum absolute atomic E-state index is 11.7. The van der Waals surface area contributed by atoms with E-state index in [1.165, 1.54) is 13.0 Å². The van der Waals surface area contributed by atoms with Crippen LogP contribution in [0.25, 0.3) is 0 Å². The summed E-state index contributed by atoms with van der Waals surface area (Å²) < 4.78 is 0. The molecule has 0 N–H and O–H groups in total. The minimum Gasteiger partial charge on any atom is -0.331 e. The third-order valence-electron chi connectivity index (χ3n) is 3.05. The molecule has 1 rings (SSSR count). The van der Waals surface area contributed by atoms with Crippen molar-refractivity contribution in [1.82, 2.24) is 14.7 Å². The predicted molar refractivity (Wildman–Crippen MR) is 66.6 cm³/mol. The van der Waals surface area contributed by atoms with Gasteiger partial charge in [0.05, 0.1) is 0 Å². The SMILES string of the molecule is CC(C)CCN1CCN(C(=O)N(C)C)CC1. The number of carbonyl (C=O) groups excluding carboxylic acids is 1. The number of carbonyl (C=O) groups is 1. The Morgan fingerprint density at radius 1 is 1.19 bits per heavy atom. The fourth-order valence-electron chi connectivity index (χ4n) is 1.89. The van der Waals surface area contributed by atoms with E-state index in [-0.39, 0.29) is 6.03 Å². The van der Waals surface area contributed by atoms with Gasteiger partial charge in [0.1, 0.15) is 0 Å². The van der Waals surface area contributed by atoms with E-state index in [2.05, 4.69) is 18.7 Å². The highest BCUT2D eigenvalue weighted by Gasteiger charge is 2.21. The Bertz CT molecular complexity index is 220. The van der Waals surface area contributed by atoms with Crippen molar-refractivity contribution in [3.8, 4) is 0 Å². The van der Waals surface area contributed by atoms with Gasteiger partial charge in [0.25, 0.3) is 0 Å². The van der Waals surface area contributed by atoms with Crippen LogP contribution in [-0.2, 0) is 0 Å². The lowest BCUT2D eigenvalue weighted by Crippen LogP contribution is -2.51. The summed E-state index contributed by atoms with van der Waals surface area (Å²) in [6.07, 6.45) is 1.25. The number of piperazine rings is 1. The molecule has 2 amide bonds. The highest BCUT2D eigenvalue weighted by molar-refractivity contribution is 5.73. The number of hydrogen-bond donors (Lipinski definition) is 0. The van der Waals surface area contributed by atoms with E-state index in [4.69, 9.17) is 0 Å². The summed E-state index contributed by atoms with van der Waals surface area (Å²) >= 11 is 0. The molecule has 0 atom stereocenters. The zero-order valence-corrected chi connectivity index (χ0v) is 11.1. The molecule has 0 aromatic carbocycles. The highest BCUT2D eigenvalue weighted by atomic mass is 16.2. The van der Waals surface area contributed by atoms with Crippen molar-refractivity contribution in [2.75, 3.05) is 46.8 Å². The van der Waals surface area contributed by atoms with Crippen molar-refractivity contribution in [2.24, 2.45) is 5.92 Å². The van der Waals surface area contributed by atoms with E-state index in [0.29, 0.717) is 0 Å². The highest BCUT2D eigenvalue weighted by Crippen LogP contribution is 2.07. The van der Waals surface area contributed by atoms with Gasteiger partial charge in [-0.05, 0) is 18.9 Å². The zero-order valence-electron chi connectivity index (χ0n) is 11.1. The third-order valence-corrected chi connectivity index (χ3v) is 3.05. The molecule has 1 fully saturated rings. The van der Waals surface area contributed by atoms with Crippen LogP contribution in [0.1, 0.15) is 20.3 Å². The van der Waals surface area contributed by atoms with Gasteiger partial charge < -0.3 is 9.80 Å². The van der Waals surface area contributed by atoms with E-state index in [9.17, 15) is 4.79 Å².